The predicted octanol–water partition coefficient (Wildman–Crippen LogP) is 5.70. The summed E-state index contributed by atoms with van der Waals surface area (Å²) >= 11 is 0. The molecule has 38 atom stereocenters. The van der Waals surface area contributed by atoms with Crippen molar-refractivity contribution in [2.75, 3.05) is 54.6 Å². The molecule has 0 bridgehead atoms. The molecule has 9 fully saturated rings. The maximum atomic E-state index is 11.8. The summed E-state index contributed by atoms with van der Waals surface area (Å²) in [4.78, 5) is 14.1. The Morgan fingerprint density at radius 1 is 0.362 bits per heavy atom. The van der Waals surface area contributed by atoms with E-state index in [0.29, 0.717) is 51.5 Å². The monoisotopic (exact) mass is 2000 g/mol. The van der Waals surface area contributed by atoms with Crippen molar-refractivity contribution >= 4 is 18.6 Å². The lowest BCUT2D eigenvalue weighted by atomic mass is 9.83. The summed E-state index contributed by atoms with van der Waals surface area (Å²) in [6.07, 6.45) is 23.3. The van der Waals surface area contributed by atoms with Crippen molar-refractivity contribution in [2.24, 2.45) is 60.8 Å². The highest BCUT2D eigenvalue weighted by Crippen LogP contribution is 2.39. The van der Waals surface area contributed by atoms with Crippen molar-refractivity contribution in [1.29, 1.82) is 0 Å². The first-order valence-corrected chi connectivity index (χ1v) is 51.7. The first kappa shape index (κ1) is 123. The number of ether oxygens (including phenoxy) is 12. The number of nitrogens with zero attached hydrogens (tertiary/aromatic N) is 3. The average Bonchev–Trinajstić information content (AvgIpc) is 0.780. The van der Waals surface area contributed by atoms with Crippen LogP contribution in [-0.4, -0.2) is 350 Å². The molecule has 29 N–H and O–H groups in total. The molecule has 6 saturated heterocycles. The van der Waals surface area contributed by atoms with Gasteiger partial charge >= 0.3 is 0 Å². The summed E-state index contributed by atoms with van der Waals surface area (Å²) in [6.45, 7) is 34.4. The Balaban J connectivity index is 0.000000287. The first-order valence-electron chi connectivity index (χ1n) is 51.7. The van der Waals surface area contributed by atoms with Gasteiger partial charge in [0.05, 0.1) is 93.0 Å². The fraction of sp³-hybridized carbons (Fsp3) is 0.800. The van der Waals surface area contributed by atoms with Crippen LogP contribution in [0.5, 0.6) is 0 Å². The lowest BCUT2D eigenvalue weighted by molar-refractivity contribution is -0.307. The fourth-order valence-electron chi connectivity index (χ4n) is 19.6. The number of rotatable bonds is 43. The van der Waals surface area contributed by atoms with Crippen LogP contribution in [0.15, 0.2) is 120 Å². The van der Waals surface area contributed by atoms with Gasteiger partial charge in [-0.3, -0.25) is 15.0 Å². The van der Waals surface area contributed by atoms with Gasteiger partial charge in [0.2, 0.25) is 0 Å². The highest BCUT2D eigenvalue weighted by molar-refractivity contribution is 5.73. The zero-order valence-corrected chi connectivity index (χ0v) is 88.7. The van der Waals surface area contributed by atoms with Crippen molar-refractivity contribution in [1.82, 2.24) is 21.3 Å². The number of nitrogens with one attached hydrogen (secondary N) is 4. The topological polar surface area (TPSA) is 586 Å². The van der Waals surface area contributed by atoms with Gasteiger partial charge in [-0.2, -0.15) is 0 Å². The Bertz CT molecular complexity index is 4060. The van der Waals surface area contributed by atoms with Crippen LogP contribution in [0.4, 0.5) is 0 Å². The fourth-order valence-corrected chi connectivity index (χ4v) is 19.6. The number of aliphatic hydroxyl groups excluding tert-OH is 6. The molecule has 6 heterocycles. The molecular weight excluding hydrogens is 1810 g/mol. The van der Waals surface area contributed by atoms with E-state index in [1.807, 2.05) is 45.3 Å². The van der Waals surface area contributed by atoms with Gasteiger partial charge in [-0.05, 0) is 299 Å². The predicted molar refractivity (Wildman–Crippen MR) is 555 cm³/mol. The zero-order chi connectivity index (χ0) is 105. The maximum absolute atomic E-state index is 11.8. The van der Waals surface area contributed by atoms with Crippen LogP contribution in [0.2, 0.25) is 0 Å². The Morgan fingerprint density at radius 3 is 0.993 bits per heavy atom. The summed E-state index contributed by atoms with van der Waals surface area (Å²) < 4.78 is 73.2. The van der Waals surface area contributed by atoms with E-state index in [-0.39, 0.29) is 56.3 Å². The molecule has 141 heavy (non-hydrogen) atoms. The van der Waals surface area contributed by atoms with Gasteiger partial charge < -0.3 is 170 Å². The van der Waals surface area contributed by atoms with Crippen LogP contribution in [0.25, 0.3) is 0 Å². The van der Waals surface area contributed by atoms with Crippen LogP contribution in [0, 0.1) is 0 Å². The van der Waals surface area contributed by atoms with Crippen molar-refractivity contribution < 1.29 is 103 Å². The van der Waals surface area contributed by atoms with Crippen molar-refractivity contribution in [3.05, 3.63) is 105 Å². The summed E-state index contributed by atoms with van der Waals surface area (Å²) in [5.41, 5.74) is 59.1. The molecule has 38 unspecified atom stereocenters. The lowest BCUT2D eigenvalue weighted by Gasteiger charge is -2.48. The minimum absolute atomic E-state index is 0.0724. The molecule has 0 aromatic heterocycles. The third kappa shape index (κ3) is 38.7. The normalized spacial score (nSPS) is 39.4. The van der Waals surface area contributed by atoms with Crippen LogP contribution in [0.3, 0.4) is 0 Å². The molecule has 0 aromatic carbocycles. The van der Waals surface area contributed by atoms with Crippen molar-refractivity contribution in [3.63, 3.8) is 0 Å². The van der Waals surface area contributed by atoms with E-state index in [4.69, 9.17) is 113 Å². The summed E-state index contributed by atoms with van der Waals surface area (Å²) in [7, 11) is 6.82. The standard InChI is InChI=1S/C36H65N5O7.C35H63N5O7.C34H61N5O7/c1-21(2)11-9-12-22(3)13-10-14-23(4)17-18-41-27-19-26(38)31(47-34-25(37)15-16-28(46-34)24(5)39-7)29(42)32(27)48-35-30(43)33(40-8)36(6,44)20-45-35;1-20(2)10-8-11-21(3)12-9-13-22(4)16-17-40-26-18-25(38)30(46-33-24(37)14-15-27(45-33)23(5)36)28(41)31(26)47-34-29(42)32(39-7)35(6,43)19-44-34;1-20(2)9-7-10-21(3)11-8-12-22(4)15-16-39-18-23-13-14-24(35)32(44-23)45-29-25(36)17-26(37)30(27(29)40)46-33-28(41)31(38-6)34(5,42)19-43-33/h11,13,17-18,24-35,39-40,42-44H,9-10,12,14-16,19-20,37-38H2,1-8H3;10,12,16-17,23-34,39,41-43H,8-9,11,13-15,18-19,36-38H2,1-7H3;9,11,15-16,23-33,38,40-42H,7-8,10,12-14,17-19,35-37H2,1-6H3/b22-13+,23-17+,41-18?;21-12+,22-16+,40-17?;21-11+,22-15+,39-16?. The van der Waals surface area contributed by atoms with E-state index in [9.17, 15) is 46.0 Å². The molecule has 0 amide bonds. The minimum atomic E-state index is -1.32. The molecule has 0 radical (unpaired) electrons. The molecule has 0 aromatic rings. The number of hydrogen-bond acceptors (Lipinski definition) is 36. The van der Waals surface area contributed by atoms with E-state index in [2.05, 4.69) is 146 Å². The summed E-state index contributed by atoms with van der Waals surface area (Å²) in [5.74, 6) is 0. The minimum Gasteiger partial charge on any atom is -0.388 e. The number of likely N-dealkylation sites (N-methyl/N-ethyl adjacent to an activating group) is 4. The second-order valence-corrected chi connectivity index (χ2v) is 42.7. The molecule has 36 heteroatoms. The largest absolute Gasteiger partial charge is 0.388 e. The van der Waals surface area contributed by atoms with Crippen molar-refractivity contribution in [3.8, 4) is 0 Å². The molecule has 3 saturated carbocycles. The van der Waals surface area contributed by atoms with Gasteiger partial charge in [0.1, 0.15) is 90.1 Å². The molecule has 3 aliphatic carbocycles. The molecule has 6 aliphatic heterocycles. The second kappa shape index (κ2) is 60.3. The quantitative estimate of drug-likeness (QED) is 0.0257. The Morgan fingerprint density at radius 2 is 0.652 bits per heavy atom. The van der Waals surface area contributed by atoms with E-state index in [0.717, 1.165) is 89.9 Å². The third-order valence-electron chi connectivity index (χ3n) is 28.6. The number of hydrogen-bond donors (Lipinski definition) is 21. The van der Waals surface area contributed by atoms with Gasteiger partial charge in [0.25, 0.3) is 0 Å². The molecule has 36 nitrogen and oxygen atoms in total. The summed E-state index contributed by atoms with van der Waals surface area (Å²) in [6, 6.07) is -7.01. The van der Waals surface area contributed by atoms with Crippen molar-refractivity contribution in [2.45, 2.75) is 483 Å². The van der Waals surface area contributed by atoms with E-state index in [1.54, 1.807) is 54.3 Å². The number of allylic oxidation sites excluding steroid dienone is 18. The van der Waals surface area contributed by atoms with Gasteiger partial charge in [-0.1, -0.05) is 86.6 Å². The Kier molecular flexibility index (Phi) is 52.7. The SMILES string of the molecule is CNC(C)C1CCC(N)C(OC2C(N)CC(N=C/C=C(\C)CC/C=C(\C)CCC=C(C)C)C(OC3OCC(C)(O)C(NC)C3O)C2O)O1.CNC1C(O)C(OC2C(N)CC(N)C(OC3OC(CN=C/C=C(\C)CC/C=C(\C)CCC=C(C)C)CCC3N)C2O)OCC1(C)O.CNC1C(O)C(OC2C(N=C/C=C(\C)CC/C=C(\C)CCC=C(C)C)CC(N)C(OC3OC(C(C)N)CCC3N)C2O)OCC1(C)O. The Hall–Kier alpha value is -4.65. The molecular formula is C105H189N15O21. The Labute approximate surface area is 842 Å². The maximum Gasteiger partial charge on any atom is 0.185 e. The first-order chi connectivity index (χ1) is 66.5. The van der Waals surface area contributed by atoms with Crippen LogP contribution in [-0.2, 0) is 56.8 Å². The number of aliphatic hydroxyl groups is 9. The number of aliphatic imine (C=N–C) groups is 3. The van der Waals surface area contributed by atoms with Gasteiger partial charge in [-0.25, -0.2) is 0 Å². The van der Waals surface area contributed by atoms with E-state index >= 15 is 0 Å². The van der Waals surface area contributed by atoms with Gasteiger partial charge in [0, 0.05) is 54.9 Å². The van der Waals surface area contributed by atoms with E-state index in [1.165, 1.54) is 50.2 Å². The van der Waals surface area contributed by atoms with E-state index < -0.39 is 194 Å². The highest BCUT2D eigenvalue weighted by atomic mass is 16.7. The van der Waals surface area contributed by atoms with Gasteiger partial charge in [-0.15, -0.1) is 0 Å². The zero-order valence-electron chi connectivity index (χ0n) is 88.7. The molecule has 9 rings (SSSR count). The molecule has 9 aliphatic rings. The summed E-state index contributed by atoms with van der Waals surface area (Å²) in [5, 5.41) is 112. The third-order valence-corrected chi connectivity index (χ3v) is 28.6. The van der Waals surface area contributed by atoms with Crippen LogP contribution in [0.1, 0.15) is 253 Å². The number of nitrogens with two attached hydrogens (primary N) is 8. The van der Waals surface area contributed by atoms with Gasteiger partial charge in [0.15, 0.2) is 37.7 Å². The smallest absolute Gasteiger partial charge is 0.185 e. The molecule has 0 spiro atoms. The molecule has 810 valence electrons. The van der Waals surface area contributed by atoms with Crippen LogP contribution < -0.4 is 67.1 Å². The average molecular weight is 2000 g/mol. The highest BCUT2D eigenvalue weighted by Gasteiger charge is 2.56. The second-order valence-electron chi connectivity index (χ2n) is 42.7. The lowest BCUT2D eigenvalue weighted by Crippen LogP contribution is -2.68. The van der Waals surface area contributed by atoms with Crippen LogP contribution >= 0.6 is 0 Å².